The Morgan fingerprint density at radius 1 is 1.55 bits per heavy atom. The average molecular weight is 150 g/mol. The van der Waals surface area contributed by atoms with Gasteiger partial charge in [0.2, 0.25) is 0 Å². The van der Waals surface area contributed by atoms with Crippen LogP contribution in [0.3, 0.4) is 0 Å². The Kier molecular flexibility index (Phi) is 2.64. The van der Waals surface area contributed by atoms with Gasteiger partial charge in [0.1, 0.15) is 0 Å². The van der Waals surface area contributed by atoms with E-state index in [1.165, 1.54) is 5.57 Å². The van der Waals surface area contributed by atoms with Gasteiger partial charge in [-0.05, 0) is 31.8 Å². The van der Waals surface area contributed by atoms with Crippen LogP contribution in [-0.4, -0.2) is 5.78 Å². The van der Waals surface area contributed by atoms with E-state index in [1.54, 1.807) is 0 Å². The highest BCUT2D eigenvalue weighted by Crippen LogP contribution is 2.25. The summed E-state index contributed by atoms with van der Waals surface area (Å²) in [6, 6.07) is 0. The molecule has 0 aromatic carbocycles. The van der Waals surface area contributed by atoms with Crippen molar-refractivity contribution in [3.05, 3.63) is 23.8 Å². The minimum Gasteiger partial charge on any atom is -0.295 e. The third kappa shape index (κ3) is 1.79. The van der Waals surface area contributed by atoms with E-state index in [9.17, 15) is 4.79 Å². The number of carbonyl (C=O) groups is 1. The lowest BCUT2D eigenvalue weighted by Crippen LogP contribution is -1.90. The molecule has 0 atom stereocenters. The summed E-state index contributed by atoms with van der Waals surface area (Å²) in [7, 11) is 0. The molecule has 0 spiro atoms. The molecule has 0 aromatic heterocycles. The summed E-state index contributed by atoms with van der Waals surface area (Å²) in [5.74, 6) is 0.337. The van der Waals surface area contributed by atoms with Gasteiger partial charge in [0.05, 0.1) is 0 Å². The molecular formula is C10H14O. The van der Waals surface area contributed by atoms with Crippen LogP contribution in [0.2, 0.25) is 0 Å². The van der Waals surface area contributed by atoms with E-state index in [4.69, 9.17) is 0 Å². The Labute approximate surface area is 67.8 Å². The second-order valence-corrected chi connectivity index (χ2v) is 2.98. The molecule has 1 heteroatoms. The first-order valence-corrected chi connectivity index (χ1v) is 4.08. The molecule has 0 unspecified atom stereocenters. The van der Waals surface area contributed by atoms with Crippen LogP contribution in [0, 0.1) is 0 Å². The van der Waals surface area contributed by atoms with Crippen molar-refractivity contribution in [3.63, 3.8) is 0 Å². The lowest BCUT2D eigenvalue weighted by atomic mass is 10.1. The van der Waals surface area contributed by atoms with E-state index in [0.717, 1.165) is 31.3 Å². The maximum atomic E-state index is 11.1. The molecule has 1 rings (SSSR count). The smallest absolute Gasteiger partial charge is 0.158 e. The van der Waals surface area contributed by atoms with Crippen LogP contribution in [-0.2, 0) is 4.79 Å². The normalized spacial score (nSPS) is 17.7. The SMILES string of the molecule is C=CCCC1=C(C)C(=O)CC1. The number of ketones is 1. The molecule has 0 amide bonds. The van der Waals surface area contributed by atoms with Gasteiger partial charge in [-0.25, -0.2) is 0 Å². The van der Waals surface area contributed by atoms with E-state index in [-0.39, 0.29) is 0 Å². The zero-order chi connectivity index (χ0) is 8.27. The first kappa shape index (κ1) is 8.25. The number of hydrogen-bond acceptors (Lipinski definition) is 1. The molecule has 11 heavy (non-hydrogen) atoms. The summed E-state index contributed by atoms with van der Waals surface area (Å²) >= 11 is 0. The highest BCUT2D eigenvalue weighted by molar-refractivity contribution is 5.98. The first-order chi connectivity index (χ1) is 5.25. The molecule has 0 bridgehead atoms. The standard InChI is InChI=1S/C10H14O/c1-3-4-5-9-6-7-10(11)8(9)2/h3H,1,4-7H2,2H3. The Morgan fingerprint density at radius 3 is 2.73 bits per heavy atom. The maximum absolute atomic E-state index is 11.1. The molecule has 0 saturated heterocycles. The predicted molar refractivity (Wildman–Crippen MR) is 46.4 cm³/mol. The molecule has 1 aliphatic carbocycles. The van der Waals surface area contributed by atoms with Crippen LogP contribution in [0.1, 0.15) is 32.6 Å². The molecule has 0 aliphatic heterocycles. The second-order valence-electron chi connectivity index (χ2n) is 2.98. The zero-order valence-corrected chi connectivity index (χ0v) is 7.02. The summed E-state index contributed by atoms with van der Waals surface area (Å²) in [6.07, 6.45) is 5.65. The summed E-state index contributed by atoms with van der Waals surface area (Å²) in [4.78, 5) is 11.1. The number of carbonyl (C=O) groups excluding carboxylic acids is 1. The summed E-state index contributed by atoms with van der Waals surface area (Å²) in [6.45, 7) is 5.60. The fourth-order valence-corrected chi connectivity index (χ4v) is 1.43. The maximum Gasteiger partial charge on any atom is 0.158 e. The van der Waals surface area contributed by atoms with Crippen LogP contribution in [0.15, 0.2) is 23.8 Å². The highest BCUT2D eigenvalue weighted by atomic mass is 16.1. The molecule has 0 aromatic rings. The zero-order valence-electron chi connectivity index (χ0n) is 7.02. The average Bonchev–Trinajstić information content (AvgIpc) is 2.31. The van der Waals surface area contributed by atoms with E-state index in [1.807, 2.05) is 13.0 Å². The molecule has 1 nitrogen and oxygen atoms in total. The summed E-state index contributed by atoms with van der Waals surface area (Å²) in [5, 5.41) is 0. The van der Waals surface area contributed by atoms with Crippen LogP contribution in [0.5, 0.6) is 0 Å². The largest absolute Gasteiger partial charge is 0.295 e. The minimum atomic E-state index is 0.337. The fraction of sp³-hybridized carbons (Fsp3) is 0.500. The minimum absolute atomic E-state index is 0.337. The van der Waals surface area contributed by atoms with Crippen molar-refractivity contribution in [2.24, 2.45) is 0 Å². The lowest BCUT2D eigenvalue weighted by molar-refractivity contribution is -0.114. The Hall–Kier alpha value is -0.850. The van der Waals surface area contributed by atoms with Crippen molar-refractivity contribution >= 4 is 5.78 Å². The van der Waals surface area contributed by atoms with Crippen molar-refractivity contribution in [3.8, 4) is 0 Å². The molecule has 0 fully saturated rings. The summed E-state index contributed by atoms with van der Waals surface area (Å²) in [5.41, 5.74) is 2.35. The van der Waals surface area contributed by atoms with Crippen LogP contribution < -0.4 is 0 Å². The van der Waals surface area contributed by atoms with Crippen LogP contribution in [0.25, 0.3) is 0 Å². The second kappa shape index (κ2) is 3.51. The molecule has 0 heterocycles. The third-order valence-corrected chi connectivity index (χ3v) is 2.25. The number of rotatable bonds is 3. The molecule has 0 N–H and O–H groups in total. The summed E-state index contributed by atoms with van der Waals surface area (Å²) < 4.78 is 0. The van der Waals surface area contributed by atoms with Gasteiger partial charge in [0, 0.05) is 6.42 Å². The van der Waals surface area contributed by atoms with E-state index in [2.05, 4.69) is 6.58 Å². The Morgan fingerprint density at radius 2 is 2.27 bits per heavy atom. The number of hydrogen-bond donors (Lipinski definition) is 0. The quantitative estimate of drug-likeness (QED) is 0.565. The van der Waals surface area contributed by atoms with Crippen molar-refractivity contribution in [1.29, 1.82) is 0 Å². The van der Waals surface area contributed by atoms with Gasteiger partial charge in [-0.2, -0.15) is 0 Å². The monoisotopic (exact) mass is 150 g/mol. The van der Waals surface area contributed by atoms with Crippen molar-refractivity contribution in [2.45, 2.75) is 32.6 Å². The van der Waals surface area contributed by atoms with Crippen molar-refractivity contribution in [2.75, 3.05) is 0 Å². The molecular weight excluding hydrogens is 136 g/mol. The predicted octanol–water partition coefficient (Wildman–Crippen LogP) is 2.63. The van der Waals surface area contributed by atoms with Gasteiger partial charge in [-0.3, -0.25) is 4.79 Å². The molecule has 0 saturated carbocycles. The Bertz CT molecular complexity index is 211. The van der Waals surface area contributed by atoms with E-state index < -0.39 is 0 Å². The number of Topliss-reactive ketones (excluding diaryl/α,β-unsaturated/α-hetero) is 1. The van der Waals surface area contributed by atoms with Gasteiger partial charge in [-0.15, -0.1) is 6.58 Å². The first-order valence-electron chi connectivity index (χ1n) is 4.08. The van der Waals surface area contributed by atoms with Crippen molar-refractivity contribution < 1.29 is 4.79 Å². The molecule has 0 radical (unpaired) electrons. The third-order valence-electron chi connectivity index (χ3n) is 2.25. The molecule has 60 valence electrons. The fourth-order valence-electron chi connectivity index (χ4n) is 1.43. The topological polar surface area (TPSA) is 17.1 Å². The Balaban J connectivity index is 2.56. The van der Waals surface area contributed by atoms with Gasteiger partial charge in [-0.1, -0.05) is 11.6 Å². The van der Waals surface area contributed by atoms with Gasteiger partial charge < -0.3 is 0 Å². The van der Waals surface area contributed by atoms with Crippen LogP contribution in [0.4, 0.5) is 0 Å². The van der Waals surface area contributed by atoms with Gasteiger partial charge in [0.15, 0.2) is 5.78 Å². The highest BCUT2D eigenvalue weighted by Gasteiger charge is 2.17. The molecule has 1 aliphatic rings. The van der Waals surface area contributed by atoms with Crippen LogP contribution >= 0.6 is 0 Å². The van der Waals surface area contributed by atoms with E-state index >= 15 is 0 Å². The number of allylic oxidation sites excluding steroid dienone is 3. The lowest BCUT2D eigenvalue weighted by Gasteiger charge is -1.98. The van der Waals surface area contributed by atoms with Gasteiger partial charge >= 0.3 is 0 Å². The van der Waals surface area contributed by atoms with E-state index in [0.29, 0.717) is 5.78 Å². The van der Waals surface area contributed by atoms with Crippen molar-refractivity contribution in [1.82, 2.24) is 0 Å². The van der Waals surface area contributed by atoms with Gasteiger partial charge in [0.25, 0.3) is 0 Å².